The molecule has 0 unspecified atom stereocenters. The second kappa shape index (κ2) is 4.30. The Morgan fingerprint density at radius 1 is 1.00 bits per heavy atom. The third-order valence-corrected chi connectivity index (χ3v) is 2.93. The molecule has 0 aliphatic heterocycles. The molecule has 0 heteroatoms. The molecule has 1 aliphatic carbocycles. The van der Waals surface area contributed by atoms with Gasteiger partial charge in [-0.3, -0.25) is 0 Å². The van der Waals surface area contributed by atoms with Gasteiger partial charge in [0.25, 0.3) is 0 Å². The maximum Gasteiger partial charge on any atom is -0.0203 e. The smallest absolute Gasteiger partial charge is 0.0203 e. The Bertz CT molecular complexity index is 163. The fraction of sp³-hybridized carbons (Fsp3) is 0.846. The Morgan fingerprint density at radius 2 is 1.54 bits per heavy atom. The van der Waals surface area contributed by atoms with Gasteiger partial charge in [-0.05, 0) is 30.1 Å². The Balaban J connectivity index is 2.34. The summed E-state index contributed by atoms with van der Waals surface area (Å²) in [6.45, 7) is 9.20. The summed E-state index contributed by atoms with van der Waals surface area (Å²) >= 11 is 0. The van der Waals surface area contributed by atoms with Crippen molar-refractivity contribution in [1.82, 2.24) is 0 Å². The lowest BCUT2D eigenvalue weighted by atomic mass is 9.81. The molecule has 0 bridgehead atoms. The van der Waals surface area contributed by atoms with Crippen molar-refractivity contribution in [2.24, 2.45) is 17.3 Å². The molecule has 0 atom stereocenters. The summed E-state index contributed by atoms with van der Waals surface area (Å²) in [7, 11) is 0. The molecule has 76 valence electrons. The third kappa shape index (κ3) is 4.50. The normalized spacial score (nSPS) is 31.1. The number of allylic oxidation sites excluding steroid dienone is 2. The summed E-state index contributed by atoms with van der Waals surface area (Å²) in [5.41, 5.74) is 0.364. The van der Waals surface area contributed by atoms with E-state index in [0.29, 0.717) is 5.41 Å². The van der Waals surface area contributed by atoms with Crippen LogP contribution in [0.15, 0.2) is 12.2 Å². The van der Waals surface area contributed by atoms with Crippen LogP contribution >= 0.6 is 0 Å². The molecule has 0 saturated heterocycles. The molecule has 0 aromatic carbocycles. The molecule has 0 nitrogen and oxygen atoms in total. The summed E-state index contributed by atoms with van der Waals surface area (Å²) in [5, 5.41) is 0. The quantitative estimate of drug-likeness (QED) is 0.524. The minimum atomic E-state index is 0.364. The monoisotopic (exact) mass is 180 g/mol. The first-order valence-corrected chi connectivity index (χ1v) is 5.67. The zero-order valence-electron chi connectivity index (χ0n) is 9.64. The highest BCUT2D eigenvalue weighted by Crippen LogP contribution is 2.30. The van der Waals surface area contributed by atoms with Gasteiger partial charge in [0.05, 0.1) is 0 Å². The minimum Gasteiger partial charge on any atom is -0.0849 e. The Labute approximate surface area is 83.4 Å². The molecule has 1 fully saturated rings. The van der Waals surface area contributed by atoms with Crippen LogP contribution in [-0.4, -0.2) is 0 Å². The molecule has 1 aliphatic rings. The van der Waals surface area contributed by atoms with Crippen molar-refractivity contribution in [3.05, 3.63) is 12.2 Å². The minimum absolute atomic E-state index is 0.364. The zero-order valence-corrected chi connectivity index (χ0v) is 9.64. The summed E-state index contributed by atoms with van der Waals surface area (Å²) in [5.74, 6) is 1.84. The zero-order chi connectivity index (χ0) is 9.90. The van der Waals surface area contributed by atoms with Crippen molar-refractivity contribution in [3.8, 4) is 0 Å². The average molecular weight is 180 g/mol. The van der Waals surface area contributed by atoms with Crippen LogP contribution in [0.4, 0.5) is 0 Å². The lowest BCUT2D eigenvalue weighted by Crippen LogP contribution is -2.11. The Morgan fingerprint density at radius 3 is 2.00 bits per heavy atom. The summed E-state index contributed by atoms with van der Waals surface area (Å²) in [6.07, 6.45) is 10.5. The fourth-order valence-electron chi connectivity index (χ4n) is 1.90. The number of rotatable bonds is 1. The average Bonchev–Trinajstić information content (AvgIpc) is 2.02. The van der Waals surface area contributed by atoms with Gasteiger partial charge in [-0.2, -0.15) is 0 Å². The highest BCUT2D eigenvalue weighted by molar-refractivity contribution is 4.96. The molecule has 1 rings (SSSR count). The van der Waals surface area contributed by atoms with Gasteiger partial charge in [0.1, 0.15) is 0 Å². The van der Waals surface area contributed by atoms with Gasteiger partial charge in [-0.15, -0.1) is 0 Å². The fourth-order valence-corrected chi connectivity index (χ4v) is 1.90. The largest absolute Gasteiger partial charge is 0.0849 e. The van der Waals surface area contributed by atoms with E-state index in [4.69, 9.17) is 0 Å². The molecular weight excluding hydrogens is 156 g/mol. The Kier molecular flexibility index (Phi) is 3.58. The highest BCUT2D eigenvalue weighted by atomic mass is 14.2. The van der Waals surface area contributed by atoms with Crippen molar-refractivity contribution in [2.45, 2.75) is 53.4 Å². The van der Waals surface area contributed by atoms with Gasteiger partial charge in [-0.1, -0.05) is 52.7 Å². The van der Waals surface area contributed by atoms with Crippen LogP contribution in [0, 0.1) is 17.3 Å². The van der Waals surface area contributed by atoms with Crippen LogP contribution in [0.25, 0.3) is 0 Å². The van der Waals surface area contributed by atoms with E-state index in [1.807, 2.05) is 0 Å². The van der Waals surface area contributed by atoms with E-state index >= 15 is 0 Å². The topological polar surface area (TPSA) is 0 Å². The van der Waals surface area contributed by atoms with Crippen LogP contribution in [0.2, 0.25) is 0 Å². The maximum absolute atomic E-state index is 2.45. The van der Waals surface area contributed by atoms with Gasteiger partial charge in [0, 0.05) is 0 Å². The van der Waals surface area contributed by atoms with Crippen molar-refractivity contribution in [3.63, 3.8) is 0 Å². The van der Waals surface area contributed by atoms with E-state index in [2.05, 4.69) is 39.8 Å². The molecule has 0 spiro atoms. The molecule has 1 saturated carbocycles. The summed E-state index contributed by atoms with van der Waals surface area (Å²) in [4.78, 5) is 0. The van der Waals surface area contributed by atoms with Crippen LogP contribution in [-0.2, 0) is 0 Å². The van der Waals surface area contributed by atoms with E-state index in [9.17, 15) is 0 Å². The Hall–Kier alpha value is -0.260. The third-order valence-electron chi connectivity index (χ3n) is 2.93. The number of hydrogen-bond donors (Lipinski definition) is 0. The molecule has 0 aromatic rings. The molecule has 0 radical (unpaired) electrons. The van der Waals surface area contributed by atoms with Crippen LogP contribution in [0.5, 0.6) is 0 Å². The van der Waals surface area contributed by atoms with E-state index in [-0.39, 0.29) is 0 Å². The summed E-state index contributed by atoms with van der Waals surface area (Å²) in [6, 6.07) is 0. The molecule has 0 amide bonds. The standard InChI is InChI=1S/C13H24/c1-11-5-7-12(8-6-11)9-10-13(2,3)4/h9-12H,5-8H2,1-4H3/b10-9+. The van der Waals surface area contributed by atoms with Crippen molar-refractivity contribution in [2.75, 3.05) is 0 Å². The highest BCUT2D eigenvalue weighted by Gasteiger charge is 2.16. The predicted octanol–water partition coefficient (Wildman–Crippen LogP) is 4.42. The molecule has 13 heavy (non-hydrogen) atoms. The first-order valence-electron chi connectivity index (χ1n) is 5.67. The number of hydrogen-bond acceptors (Lipinski definition) is 0. The maximum atomic E-state index is 2.45. The lowest BCUT2D eigenvalue weighted by molar-refractivity contribution is 0.328. The van der Waals surface area contributed by atoms with Crippen molar-refractivity contribution < 1.29 is 0 Å². The predicted molar refractivity (Wildman–Crippen MR) is 59.7 cm³/mol. The molecule has 0 aromatic heterocycles. The second-order valence-corrected chi connectivity index (χ2v) is 5.75. The van der Waals surface area contributed by atoms with Gasteiger partial charge < -0.3 is 0 Å². The summed E-state index contributed by atoms with van der Waals surface area (Å²) < 4.78 is 0. The van der Waals surface area contributed by atoms with E-state index in [1.165, 1.54) is 25.7 Å². The first kappa shape index (κ1) is 10.8. The van der Waals surface area contributed by atoms with E-state index in [1.54, 1.807) is 0 Å². The molecule has 0 heterocycles. The van der Waals surface area contributed by atoms with Crippen molar-refractivity contribution >= 4 is 0 Å². The molecule has 0 N–H and O–H groups in total. The van der Waals surface area contributed by atoms with Crippen molar-refractivity contribution in [1.29, 1.82) is 0 Å². The van der Waals surface area contributed by atoms with Crippen LogP contribution in [0.1, 0.15) is 53.4 Å². The van der Waals surface area contributed by atoms with Gasteiger partial charge >= 0.3 is 0 Å². The van der Waals surface area contributed by atoms with Crippen LogP contribution in [0.3, 0.4) is 0 Å². The van der Waals surface area contributed by atoms with Gasteiger partial charge in [-0.25, -0.2) is 0 Å². The second-order valence-electron chi connectivity index (χ2n) is 5.75. The molecular formula is C13H24. The van der Waals surface area contributed by atoms with Gasteiger partial charge in [0.15, 0.2) is 0 Å². The first-order chi connectivity index (χ1) is 5.97. The van der Waals surface area contributed by atoms with E-state index < -0.39 is 0 Å². The SMILES string of the molecule is CC1CCC(/C=C/C(C)(C)C)CC1. The van der Waals surface area contributed by atoms with Crippen LogP contribution < -0.4 is 0 Å². The van der Waals surface area contributed by atoms with E-state index in [0.717, 1.165) is 11.8 Å². The van der Waals surface area contributed by atoms with Gasteiger partial charge in [0.2, 0.25) is 0 Å². The lowest BCUT2D eigenvalue weighted by Gasteiger charge is -2.24.